The Hall–Kier alpha value is -7.25. The number of rotatable bonds is 41. The molecule has 0 bridgehead atoms. The summed E-state index contributed by atoms with van der Waals surface area (Å²) in [6.07, 6.45) is 16.1. The molecular weight excluding hydrogens is 1260 g/mol. The summed E-state index contributed by atoms with van der Waals surface area (Å²) in [6.45, 7) is 9.59. The molecule has 0 fully saturated rings. The fraction of sp³-hybridized carbons (Fsp3) is 0.514. The van der Waals surface area contributed by atoms with E-state index in [0.717, 1.165) is 81.2 Å². The number of benzene rings is 3. The number of carbonyl (C=O) groups is 7. The Balaban J connectivity index is 1.17. The van der Waals surface area contributed by atoms with Gasteiger partial charge in [-0.2, -0.15) is 21.4 Å². The number of carboxylic acids is 3. The van der Waals surface area contributed by atoms with Crippen LogP contribution in [0.15, 0.2) is 125 Å². The minimum atomic E-state index is -4.15. The lowest BCUT2D eigenvalue weighted by Gasteiger charge is -2.28. The molecule has 24 heteroatoms. The number of aliphatic carboxylic acids is 3. The Labute approximate surface area is 557 Å². The number of thioether (sulfide) groups is 1. The van der Waals surface area contributed by atoms with Crippen LogP contribution in [-0.4, -0.2) is 142 Å². The monoisotopic (exact) mass is 1360 g/mol. The number of urea groups is 1. The Morgan fingerprint density at radius 3 is 1.96 bits per heavy atom. The molecule has 21 nitrogen and oxygen atoms in total. The molecule has 3 atom stereocenters. The van der Waals surface area contributed by atoms with Crippen LogP contribution in [0, 0.1) is 5.92 Å². The van der Waals surface area contributed by atoms with E-state index < -0.39 is 78.8 Å². The first-order valence-electron chi connectivity index (χ1n) is 32.6. The van der Waals surface area contributed by atoms with Crippen LogP contribution < -0.4 is 20.9 Å². The van der Waals surface area contributed by atoms with E-state index in [1.54, 1.807) is 0 Å². The van der Waals surface area contributed by atoms with Crippen molar-refractivity contribution in [2.45, 2.75) is 185 Å². The van der Waals surface area contributed by atoms with E-state index in [9.17, 15) is 69.7 Å². The topological polar surface area (TPSA) is 331 Å². The molecular formula is C70H94N5O16S3+. The fourth-order valence-electron chi connectivity index (χ4n) is 12.4. The SMILES string of the molecule is CC1(C)C(=CC=C2CCCC(C=CC3=[N+](CCCCS(=O)(=O)O)c4ccccc4C3(C)C)=C2SC[C@@H](CC(=O)[C@H](Cc2ccccc2)NC(=O)CCCCCCCCC(=O)CCC(NC(=O)NCCCC(=O)O)C(=O)O)C(=O)O)N(CCCCS(=O)(=O)O)c2ccccc21. The molecule has 0 radical (unpaired) electrons. The van der Waals surface area contributed by atoms with Crippen LogP contribution in [-0.2, 0) is 66.3 Å². The maximum absolute atomic E-state index is 14.6. The van der Waals surface area contributed by atoms with E-state index in [0.29, 0.717) is 58.0 Å². The Kier molecular flexibility index (Phi) is 29.0. The maximum Gasteiger partial charge on any atom is 0.326 e. The van der Waals surface area contributed by atoms with Gasteiger partial charge in [-0.05, 0) is 119 Å². The number of Topliss-reactive ketones (excluding diaryl/α,β-unsaturated/α-hetero) is 2. The van der Waals surface area contributed by atoms with Gasteiger partial charge in [-0.1, -0.05) is 118 Å². The molecule has 94 heavy (non-hydrogen) atoms. The molecule has 512 valence electrons. The number of hydrogen-bond donors (Lipinski definition) is 8. The number of amides is 3. The van der Waals surface area contributed by atoms with Crippen molar-refractivity contribution in [2.75, 3.05) is 41.8 Å². The van der Waals surface area contributed by atoms with Crippen LogP contribution in [0.1, 0.15) is 173 Å². The third-order valence-electron chi connectivity index (χ3n) is 17.5. The Morgan fingerprint density at radius 2 is 1.29 bits per heavy atom. The Morgan fingerprint density at radius 1 is 0.649 bits per heavy atom. The highest BCUT2D eigenvalue weighted by atomic mass is 32.2. The number of carboxylic acid groups (broad SMARTS) is 3. The number of allylic oxidation sites excluding steroid dienone is 7. The summed E-state index contributed by atoms with van der Waals surface area (Å²) in [4.78, 5) is 91.8. The van der Waals surface area contributed by atoms with Gasteiger partial charge in [-0.25, -0.2) is 9.59 Å². The summed E-state index contributed by atoms with van der Waals surface area (Å²) in [5, 5.41) is 36.9. The zero-order valence-corrected chi connectivity index (χ0v) is 56.9. The van der Waals surface area contributed by atoms with Gasteiger partial charge in [0, 0.05) is 96.8 Å². The number of nitrogens with one attached hydrogen (secondary N) is 3. The van der Waals surface area contributed by atoms with Crippen LogP contribution in [0.3, 0.4) is 0 Å². The molecule has 0 saturated carbocycles. The number of anilines is 1. The fourth-order valence-corrected chi connectivity index (χ4v) is 14.9. The zero-order valence-electron chi connectivity index (χ0n) is 54.5. The number of nitrogens with zero attached hydrogens (tertiary/aromatic N) is 2. The number of unbranched alkanes of at least 4 members (excludes halogenated alkanes) is 7. The Bertz CT molecular complexity index is 3580. The van der Waals surface area contributed by atoms with Crippen molar-refractivity contribution in [1.29, 1.82) is 0 Å². The predicted molar refractivity (Wildman–Crippen MR) is 365 cm³/mol. The molecule has 0 saturated heterocycles. The van der Waals surface area contributed by atoms with E-state index in [1.165, 1.54) is 11.8 Å². The first-order chi connectivity index (χ1) is 44.5. The van der Waals surface area contributed by atoms with Crippen molar-refractivity contribution in [3.05, 3.63) is 142 Å². The lowest BCUT2D eigenvalue weighted by molar-refractivity contribution is -0.438. The number of carbonyl (C=O) groups excluding carboxylic acids is 4. The lowest BCUT2D eigenvalue weighted by atomic mass is 9.81. The largest absolute Gasteiger partial charge is 0.481 e. The van der Waals surface area contributed by atoms with E-state index in [4.69, 9.17) is 5.11 Å². The molecule has 6 rings (SSSR count). The highest BCUT2D eigenvalue weighted by Gasteiger charge is 2.44. The second kappa shape index (κ2) is 36.0. The van der Waals surface area contributed by atoms with E-state index in [2.05, 4.69) is 89.6 Å². The van der Waals surface area contributed by atoms with Gasteiger partial charge in [0.05, 0.1) is 28.9 Å². The standard InChI is InChI=1S/C70H93N5O16S3/c1-69(2)54-29-14-16-31-58(54)74(42-18-20-44-93(86,87)88)61(69)39-35-50-26-22-27-51(36-40-62-70(3,4)55-30-15-17-32-59(55)75(62)43-19-21-45-94(89,90)91)65(50)92-48-52(66(81)82)47-60(77)57(46-49-24-10-9-11-25-49)72-63(78)33-13-8-6-5-7-12-28-53(76)37-38-56(67(83)84)73-68(85)71-41-23-34-64(79)80/h9-11,14-17,24-25,29-32,35-36,39-40,52,56-57H,5-8,12-13,18-23,26-28,33-34,37-38,41-48H2,1-4H3,(H7-,71,72,73,78,79,80,81,82,83,84,85,86,87,88,89,90,91)/p+1/t52-,56?,57+/m1/s1. The van der Waals surface area contributed by atoms with Gasteiger partial charge in [0.2, 0.25) is 11.6 Å². The first-order valence-corrected chi connectivity index (χ1v) is 36.8. The van der Waals surface area contributed by atoms with Crippen LogP contribution in [0.5, 0.6) is 0 Å². The zero-order chi connectivity index (χ0) is 68.6. The summed E-state index contributed by atoms with van der Waals surface area (Å²) in [7, 11) is -8.30. The van der Waals surface area contributed by atoms with Crippen LogP contribution in [0.25, 0.3) is 0 Å². The molecule has 3 amide bonds. The van der Waals surface area contributed by atoms with Gasteiger partial charge in [0.15, 0.2) is 11.5 Å². The van der Waals surface area contributed by atoms with Gasteiger partial charge < -0.3 is 36.2 Å². The third kappa shape index (κ3) is 23.6. The van der Waals surface area contributed by atoms with Gasteiger partial charge in [-0.3, -0.25) is 33.1 Å². The summed E-state index contributed by atoms with van der Waals surface area (Å²) in [5.74, 6) is -6.20. The highest BCUT2D eigenvalue weighted by molar-refractivity contribution is 8.03. The average molecular weight is 1360 g/mol. The van der Waals surface area contributed by atoms with Gasteiger partial charge in [-0.15, -0.1) is 11.8 Å². The molecule has 2 aliphatic heterocycles. The summed E-state index contributed by atoms with van der Waals surface area (Å²) in [5.41, 5.74) is 7.91. The van der Waals surface area contributed by atoms with Gasteiger partial charge >= 0.3 is 23.9 Å². The van der Waals surface area contributed by atoms with E-state index >= 15 is 0 Å². The van der Waals surface area contributed by atoms with Crippen molar-refractivity contribution in [3.63, 3.8) is 0 Å². The number of hydrogen-bond acceptors (Lipinski definition) is 13. The second-order valence-electron chi connectivity index (χ2n) is 25.6. The van der Waals surface area contributed by atoms with Crippen molar-refractivity contribution >= 4 is 90.5 Å². The molecule has 8 N–H and O–H groups in total. The predicted octanol–water partition coefficient (Wildman–Crippen LogP) is 11.2. The molecule has 3 aromatic rings. The van der Waals surface area contributed by atoms with Crippen molar-refractivity contribution in [1.82, 2.24) is 16.0 Å². The first kappa shape index (κ1) is 75.8. The molecule has 3 aliphatic rings. The molecule has 1 aliphatic carbocycles. The minimum Gasteiger partial charge on any atom is -0.481 e. The van der Waals surface area contributed by atoms with Crippen LogP contribution in [0.2, 0.25) is 0 Å². The average Bonchev–Trinajstić information content (AvgIpc) is 1.63. The lowest BCUT2D eigenvalue weighted by Crippen LogP contribution is -2.46. The number of ketones is 2. The highest BCUT2D eigenvalue weighted by Crippen LogP contribution is 2.49. The van der Waals surface area contributed by atoms with Crippen molar-refractivity contribution in [3.8, 4) is 0 Å². The van der Waals surface area contributed by atoms with Crippen LogP contribution >= 0.6 is 11.8 Å². The van der Waals surface area contributed by atoms with Gasteiger partial charge in [0.1, 0.15) is 18.4 Å². The van der Waals surface area contributed by atoms with Crippen molar-refractivity contribution in [2.24, 2.45) is 5.92 Å². The molecule has 1 unspecified atom stereocenters. The second-order valence-corrected chi connectivity index (χ2v) is 29.7. The quantitative estimate of drug-likeness (QED) is 0.0149. The molecule has 0 aromatic heterocycles. The van der Waals surface area contributed by atoms with Crippen LogP contribution in [0.4, 0.5) is 16.2 Å². The van der Waals surface area contributed by atoms with E-state index in [1.807, 2.05) is 66.7 Å². The molecule has 3 aromatic carbocycles. The maximum atomic E-state index is 14.6. The summed E-state index contributed by atoms with van der Waals surface area (Å²) < 4.78 is 68.0. The minimum absolute atomic E-state index is 0.0225. The molecule has 0 spiro atoms. The van der Waals surface area contributed by atoms with E-state index in [-0.39, 0.29) is 99.7 Å². The summed E-state index contributed by atoms with van der Waals surface area (Å²) >= 11 is 1.38. The van der Waals surface area contributed by atoms with Gasteiger partial charge in [0.25, 0.3) is 20.2 Å². The number of fused-ring (bicyclic) bond motifs is 2. The van der Waals surface area contributed by atoms with Crippen molar-refractivity contribution < 1.29 is 79.4 Å². The normalized spacial score (nSPS) is 17.0. The third-order valence-corrected chi connectivity index (χ3v) is 20.5. The molecule has 2 heterocycles. The smallest absolute Gasteiger partial charge is 0.326 e. The number of para-hydroxylation sites is 2. The summed E-state index contributed by atoms with van der Waals surface area (Å²) in [6, 6.07) is 22.3.